The zero-order valence-corrected chi connectivity index (χ0v) is 8.66. The van der Waals surface area contributed by atoms with Gasteiger partial charge in [0.25, 0.3) is 0 Å². The maximum atomic E-state index is 10.5. The van der Waals surface area contributed by atoms with E-state index >= 15 is 0 Å². The monoisotopic (exact) mass is 192 g/mol. The number of fused-ring (bicyclic) bond motifs is 1. The van der Waals surface area contributed by atoms with Crippen LogP contribution in [0.25, 0.3) is 0 Å². The fourth-order valence-corrected chi connectivity index (χ4v) is 2.49. The van der Waals surface area contributed by atoms with Crippen molar-refractivity contribution in [2.45, 2.75) is 26.7 Å². The summed E-state index contributed by atoms with van der Waals surface area (Å²) in [5.74, 6) is 0.970. The minimum atomic E-state index is -0.801. The van der Waals surface area contributed by atoms with Crippen molar-refractivity contribution in [3.05, 3.63) is 23.3 Å². The molecule has 2 nitrogen and oxygen atoms in total. The molecule has 0 bridgehead atoms. The van der Waals surface area contributed by atoms with Crippen LogP contribution in [0.4, 0.5) is 0 Å². The summed E-state index contributed by atoms with van der Waals surface area (Å²) in [6.07, 6.45) is 5.84. The molecular formula is C12H16O2. The molecule has 0 unspecified atom stereocenters. The smallest absolute Gasteiger partial charge is 0.328 e. The molecule has 2 atom stereocenters. The summed E-state index contributed by atoms with van der Waals surface area (Å²) in [7, 11) is 0. The number of hydrogen-bond donors (Lipinski definition) is 1. The van der Waals surface area contributed by atoms with Crippen LogP contribution in [-0.4, -0.2) is 11.1 Å². The number of carboxylic acid groups (broad SMARTS) is 1. The van der Waals surface area contributed by atoms with Crippen molar-refractivity contribution in [2.24, 2.45) is 17.8 Å². The van der Waals surface area contributed by atoms with Crippen molar-refractivity contribution in [1.82, 2.24) is 0 Å². The van der Waals surface area contributed by atoms with Gasteiger partial charge < -0.3 is 5.11 Å². The predicted octanol–water partition coefficient (Wildman–Crippen LogP) is 2.62. The van der Waals surface area contributed by atoms with E-state index in [1.165, 1.54) is 18.1 Å². The van der Waals surface area contributed by atoms with Gasteiger partial charge in [-0.1, -0.05) is 31.1 Å². The molecule has 2 aliphatic carbocycles. The van der Waals surface area contributed by atoms with Crippen LogP contribution in [0.15, 0.2) is 23.3 Å². The molecule has 0 aromatic heterocycles. The molecule has 2 rings (SSSR count). The largest absolute Gasteiger partial charge is 0.478 e. The summed E-state index contributed by atoms with van der Waals surface area (Å²) in [6, 6.07) is 0. The topological polar surface area (TPSA) is 37.3 Å². The Kier molecular flexibility index (Phi) is 2.22. The Bertz CT molecular complexity index is 323. The Morgan fingerprint density at radius 1 is 1.57 bits per heavy atom. The van der Waals surface area contributed by atoms with Crippen LogP contribution in [0, 0.1) is 17.8 Å². The number of carbonyl (C=O) groups is 1. The van der Waals surface area contributed by atoms with Gasteiger partial charge in [-0.3, -0.25) is 0 Å². The number of aliphatic carboxylic acids is 1. The SMILES string of the molecule is CC(C)C1=C[C@@H]2C(=CC(=O)O)C[C@H]2C1. The highest BCUT2D eigenvalue weighted by atomic mass is 16.4. The molecule has 1 N–H and O–H groups in total. The van der Waals surface area contributed by atoms with Crippen LogP contribution >= 0.6 is 0 Å². The number of rotatable bonds is 2. The summed E-state index contributed by atoms with van der Waals surface area (Å²) in [5, 5.41) is 8.65. The van der Waals surface area contributed by atoms with Crippen molar-refractivity contribution in [1.29, 1.82) is 0 Å². The van der Waals surface area contributed by atoms with Crippen LogP contribution in [0.3, 0.4) is 0 Å². The van der Waals surface area contributed by atoms with Crippen molar-refractivity contribution in [2.75, 3.05) is 0 Å². The quantitative estimate of drug-likeness (QED) is 0.539. The Morgan fingerprint density at radius 2 is 2.29 bits per heavy atom. The van der Waals surface area contributed by atoms with Crippen LogP contribution in [0.5, 0.6) is 0 Å². The number of carboxylic acids is 1. The third kappa shape index (κ3) is 1.49. The zero-order chi connectivity index (χ0) is 10.3. The van der Waals surface area contributed by atoms with Gasteiger partial charge in [0.1, 0.15) is 0 Å². The summed E-state index contributed by atoms with van der Waals surface area (Å²) in [6.45, 7) is 4.41. The molecule has 14 heavy (non-hydrogen) atoms. The van der Waals surface area contributed by atoms with E-state index < -0.39 is 5.97 Å². The highest BCUT2D eigenvalue weighted by molar-refractivity contribution is 5.81. The molecule has 2 heteroatoms. The first-order valence-electron chi connectivity index (χ1n) is 5.22. The molecular weight excluding hydrogens is 176 g/mol. The lowest BCUT2D eigenvalue weighted by Crippen LogP contribution is -2.24. The fourth-order valence-electron chi connectivity index (χ4n) is 2.49. The summed E-state index contributed by atoms with van der Waals surface area (Å²) in [5.41, 5.74) is 2.62. The van der Waals surface area contributed by atoms with Gasteiger partial charge in [-0.2, -0.15) is 0 Å². The van der Waals surface area contributed by atoms with Gasteiger partial charge in [0, 0.05) is 12.0 Å². The first-order chi connectivity index (χ1) is 6.58. The molecule has 76 valence electrons. The van der Waals surface area contributed by atoms with E-state index in [1.807, 2.05) is 0 Å². The van der Waals surface area contributed by atoms with E-state index in [4.69, 9.17) is 5.11 Å². The van der Waals surface area contributed by atoms with E-state index in [0.717, 1.165) is 12.0 Å². The van der Waals surface area contributed by atoms with Gasteiger partial charge in [-0.25, -0.2) is 4.79 Å². The molecule has 0 aliphatic heterocycles. The lowest BCUT2D eigenvalue weighted by Gasteiger charge is -2.33. The second-order valence-electron chi connectivity index (χ2n) is 4.65. The Balaban J connectivity index is 2.10. The molecule has 0 radical (unpaired) electrons. The lowest BCUT2D eigenvalue weighted by atomic mass is 9.71. The maximum absolute atomic E-state index is 10.5. The third-order valence-corrected chi connectivity index (χ3v) is 3.38. The Hall–Kier alpha value is -1.05. The van der Waals surface area contributed by atoms with E-state index in [1.54, 1.807) is 0 Å². The van der Waals surface area contributed by atoms with Crippen LogP contribution < -0.4 is 0 Å². The second kappa shape index (κ2) is 3.26. The minimum Gasteiger partial charge on any atom is -0.478 e. The van der Waals surface area contributed by atoms with Gasteiger partial charge in [0.2, 0.25) is 0 Å². The molecule has 2 aliphatic rings. The standard InChI is InChI=1S/C12H16O2/c1-7(2)8-3-9-4-10(6-12(13)14)11(9)5-8/h5-7,9,11H,3-4H2,1-2H3,(H,13,14)/t9-,11+/m1/s1. The van der Waals surface area contributed by atoms with Crippen LogP contribution in [0.2, 0.25) is 0 Å². The van der Waals surface area contributed by atoms with E-state index in [0.29, 0.717) is 17.8 Å². The molecule has 0 aromatic carbocycles. The highest BCUT2D eigenvalue weighted by Gasteiger charge is 2.39. The minimum absolute atomic E-state index is 0.448. The maximum Gasteiger partial charge on any atom is 0.328 e. The van der Waals surface area contributed by atoms with Gasteiger partial charge in [-0.15, -0.1) is 0 Å². The van der Waals surface area contributed by atoms with Crippen molar-refractivity contribution in [3.63, 3.8) is 0 Å². The van der Waals surface area contributed by atoms with Gasteiger partial charge in [-0.05, 0) is 24.7 Å². The molecule has 1 fully saturated rings. The van der Waals surface area contributed by atoms with Crippen LogP contribution in [-0.2, 0) is 4.79 Å². The summed E-state index contributed by atoms with van der Waals surface area (Å²) < 4.78 is 0. The molecule has 1 saturated carbocycles. The molecule has 0 spiro atoms. The molecule has 0 saturated heterocycles. The zero-order valence-electron chi connectivity index (χ0n) is 8.66. The van der Waals surface area contributed by atoms with E-state index in [2.05, 4.69) is 19.9 Å². The lowest BCUT2D eigenvalue weighted by molar-refractivity contribution is -0.131. The molecule has 0 heterocycles. The fraction of sp³-hybridized carbons (Fsp3) is 0.583. The Labute approximate surface area is 84.3 Å². The average Bonchev–Trinajstić information content (AvgIpc) is 2.39. The van der Waals surface area contributed by atoms with E-state index in [9.17, 15) is 4.79 Å². The number of hydrogen-bond acceptors (Lipinski definition) is 1. The van der Waals surface area contributed by atoms with Crippen LogP contribution in [0.1, 0.15) is 26.7 Å². The van der Waals surface area contributed by atoms with Gasteiger partial charge in [0.05, 0.1) is 0 Å². The van der Waals surface area contributed by atoms with Crippen molar-refractivity contribution >= 4 is 5.97 Å². The van der Waals surface area contributed by atoms with E-state index in [-0.39, 0.29) is 0 Å². The molecule has 0 aromatic rings. The summed E-state index contributed by atoms with van der Waals surface area (Å²) >= 11 is 0. The molecule has 0 amide bonds. The van der Waals surface area contributed by atoms with Gasteiger partial charge >= 0.3 is 5.97 Å². The second-order valence-corrected chi connectivity index (χ2v) is 4.65. The first-order valence-corrected chi connectivity index (χ1v) is 5.22. The Morgan fingerprint density at radius 3 is 2.86 bits per heavy atom. The van der Waals surface area contributed by atoms with Crippen molar-refractivity contribution < 1.29 is 9.90 Å². The summed E-state index contributed by atoms with van der Waals surface area (Å²) in [4.78, 5) is 10.5. The third-order valence-electron chi connectivity index (χ3n) is 3.38. The highest BCUT2D eigenvalue weighted by Crippen LogP contribution is 2.50. The normalized spacial score (nSPS) is 32.8. The average molecular weight is 192 g/mol. The van der Waals surface area contributed by atoms with Crippen molar-refractivity contribution in [3.8, 4) is 0 Å². The number of allylic oxidation sites excluding steroid dienone is 3. The van der Waals surface area contributed by atoms with Gasteiger partial charge in [0.15, 0.2) is 0 Å². The predicted molar refractivity (Wildman–Crippen MR) is 54.9 cm³/mol. The first kappa shape index (κ1) is 9.50.